The van der Waals surface area contributed by atoms with Gasteiger partial charge in [-0.3, -0.25) is 4.79 Å². The fourth-order valence-corrected chi connectivity index (χ4v) is 2.54. The molecule has 0 unspecified atom stereocenters. The maximum absolute atomic E-state index is 12.4. The number of hydrogen-bond acceptors (Lipinski definition) is 2. The van der Waals surface area contributed by atoms with Crippen molar-refractivity contribution in [3.8, 4) is 0 Å². The topological polar surface area (TPSA) is 42.2 Å². The third-order valence-corrected chi connectivity index (χ3v) is 3.84. The molecular formula is C19H19NO2. The van der Waals surface area contributed by atoms with Gasteiger partial charge in [-0.25, -0.2) is 0 Å². The maximum atomic E-state index is 12.4. The second-order valence-electron chi connectivity index (χ2n) is 5.49. The Bertz CT molecular complexity index is 754. The fraction of sp³-hybridized carbons (Fsp3) is 0.211. The lowest BCUT2D eigenvalue weighted by molar-refractivity contribution is 0.0909. The lowest BCUT2D eigenvalue weighted by Gasteiger charge is -2.16. The number of fused-ring (bicyclic) bond motifs is 1. The Balaban J connectivity index is 1.80. The van der Waals surface area contributed by atoms with Gasteiger partial charge in [-0.2, -0.15) is 0 Å². The summed E-state index contributed by atoms with van der Waals surface area (Å²) in [4.78, 5) is 12.4. The fourth-order valence-electron chi connectivity index (χ4n) is 2.54. The number of amides is 1. The molecule has 3 nitrogen and oxygen atoms in total. The Morgan fingerprint density at radius 3 is 2.55 bits per heavy atom. The standard InChI is InChI=1S/C19H19NO2/c1-3-16(14-10-8-13(2)9-11-14)20-19(21)18-12-15-6-4-5-7-17(15)22-18/h4-12,16H,3H2,1-2H3,(H,20,21)/t16-/m1/s1. The monoisotopic (exact) mass is 293 g/mol. The van der Waals surface area contributed by atoms with Gasteiger partial charge in [-0.1, -0.05) is 55.0 Å². The Hall–Kier alpha value is -2.55. The first kappa shape index (κ1) is 14.4. The van der Waals surface area contributed by atoms with E-state index in [0.29, 0.717) is 5.76 Å². The molecule has 0 saturated carbocycles. The summed E-state index contributed by atoms with van der Waals surface area (Å²) in [7, 11) is 0. The van der Waals surface area contributed by atoms with E-state index >= 15 is 0 Å². The zero-order chi connectivity index (χ0) is 15.5. The Labute approximate surface area is 130 Å². The first-order chi connectivity index (χ1) is 10.7. The number of benzene rings is 2. The van der Waals surface area contributed by atoms with Gasteiger partial charge in [0.05, 0.1) is 6.04 Å². The second-order valence-corrected chi connectivity index (χ2v) is 5.49. The van der Waals surface area contributed by atoms with Gasteiger partial charge in [0, 0.05) is 5.39 Å². The van der Waals surface area contributed by atoms with Crippen LogP contribution in [0.4, 0.5) is 0 Å². The smallest absolute Gasteiger partial charge is 0.287 e. The average Bonchev–Trinajstić information content (AvgIpc) is 2.97. The molecule has 112 valence electrons. The van der Waals surface area contributed by atoms with Crippen molar-refractivity contribution in [3.63, 3.8) is 0 Å². The highest BCUT2D eigenvalue weighted by atomic mass is 16.3. The summed E-state index contributed by atoms with van der Waals surface area (Å²) in [6.07, 6.45) is 0.828. The number of furan rings is 1. The van der Waals surface area contributed by atoms with Crippen LogP contribution in [0.5, 0.6) is 0 Å². The van der Waals surface area contributed by atoms with E-state index in [0.717, 1.165) is 23.0 Å². The molecule has 1 amide bonds. The minimum atomic E-state index is -0.177. The van der Waals surface area contributed by atoms with E-state index < -0.39 is 0 Å². The summed E-state index contributed by atoms with van der Waals surface area (Å²) in [5.41, 5.74) is 3.05. The van der Waals surface area contributed by atoms with Crippen molar-refractivity contribution >= 4 is 16.9 Å². The molecule has 1 aromatic heterocycles. The van der Waals surface area contributed by atoms with Crippen LogP contribution in [0.2, 0.25) is 0 Å². The van der Waals surface area contributed by atoms with E-state index in [4.69, 9.17) is 4.42 Å². The quantitative estimate of drug-likeness (QED) is 0.762. The molecule has 3 heteroatoms. The predicted molar refractivity (Wildman–Crippen MR) is 87.9 cm³/mol. The molecule has 1 atom stereocenters. The number of rotatable bonds is 4. The molecule has 0 aliphatic heterocycles. The number of nitrogens with one attached hydrogen (secondary N) is 1. The molecule has 22 heavy (non-hydrogen) atoms. The first-order valence-electron chi connectivity index (χ1n) is 7.53. The van der Waals surface area contributed by atoms with Crippen LogP contribution < -0.4 is 5.32 Å². The van der Waals surface area contributed by atoms with E-state index in [2.05, 4.69) is 43.4 Å². The van der Waals surface area contributed by atoms with Gasteiger partial charge >= 0.3 is 0 Å². The zero-order valence-corrected chi connectivity index (χ0v) is 12.8. The van der Waals surface area contributed by atoms with E-state index in [1.807, 2.05) is 24.3 Å². The summed E-state index contributed by atoms with van der Waals surface area (Å²) in [5.74, 6) is 0.176. The highest BCUT2D eigenvalue weighted by molar-refractivity contribution is 5.96. The molecule has 0 saturated heterocycles. The molecular weight excluding hydrogens is 274 g/mol. The van der Waals surface area contributed by atoms with Crippen molar-refractivity contribution < 1.29 is 9.21 Å². The second kappa shape index (κ2) is 6.06. The van der Waals surface area contributed by atoms with E-state index in [1.165, 1.54) is 5.56 Å². The van der Waals surface area contributed by atoms with Crippen molar-refractivity contribution in [2.75, 3.05) is 0 Å². The number of aryl methyl sites for hydroxylation is 1. The van der Waals surface area contributed by atoms with Crippen molar-refractivity contribution in [1.29, 1.82) is 0 Å². The Morgan fingerprint density at radius 1 is 1.14 bits per heavy atom. The van der Waals surface area contributed by atoms with Gasteiger partial charge < -0.3 is 9.73 Å². The normalized spacial score (nSPS) is 12.3. The highest BCUT2D eigenvalue weighted by Crippen LogP contribution is 2.21. The van der Waals surface area contributed by atoms with Gasteiger partial charge in [0.1, 0.15) is 5.58 Å². The van der Waals surface area contributed by atoms with Gasteiger partial charge in [0.25, 0.3) is 5.91 Å². The summed E-state index contributed by atoms with van der Waals surface area (Å²) in [5, 5.41) is 3.99. The molecule has 0 aliphatic rings. The largest absolute Gasteiger partial charge is 0.451 e. The number of hydrogen-bond donors (Lipinski definition) is 1. The summed E-state index contributed by atoms with van der Waals surface area (Å²) < 4.78 is 5.62. The number of carbonyl (C=O) groups is 1. The van der Waals surface area contributed by atoms with Crippen molar-refractivity contribution in [1.82, 2.24) is 5.32 Å². The van der Waals surface area contributed by atoms with Crippen LogP contribution in [0.3, 0.4) is 0 Å². The Morgan fingerprint density at radius 2 is 1.86 bits per heavy atom. The average molecular weight is 293 g/mol. The molecule has 3 aromatic rings. The van der Waals surface area contributed by atoms with Crippen molar-refractivity contribution in [3.05, 3.63) is 71.5 Å². The van der Waals surface area contributed by atoms with E-state index in [1.54, 1.807) is 6.07 Å². The molecule has 1 heterocycles. The van der Waals surface area contributed by atoms with Crippen LogP contribution in [-0.2, 0) is 0 Å². The molecule has 0 fully saturated rings. The van der Waals surface area contributed by atoms with Crippen LogP contribution in [0.15, 0.2) is 59.0 Å². The molecule has 0 radical (unpaired) electrons. The summed E-state index contributed by atoms with van der Waals surface area (Å²) in [6, 6.07) is 17.6. The highest BCUT2D eigenvalue weighted by Gasteiger charge is 2.17. The van der Waals surface area contributed by atoms with Crippen molar-refractivity contribution in [2.24, 2.45) is 0 Å². The molecule has 3 rings (SSSR count). The minimum absolute atomic E-state index is 0.0127. The van der Waals surface area contributed by atoms with Crippen LogP contribution in [0.1, 0.15) is 41.1 Å². The lowest BCUT2D eigenvalue weighted by atomic mass is 10.0. The summed E-state index contributed by atoms with van der Waals surface area (Å²) in [6.45, 7) is 4.11. The molecule has 1 N–H and O–H groups in total. The molecule has 0 bridgehead atoms. The van der Waals surface area contributed by atoms with Gasteiger partial charge in [0.2, 0.25) is 0 Å². The lowest BCUT2D eigenvalue weighted by Crippen LogP contribution is -2.27. The Kier molecular flexibility index (Phi) is 3.96. The number of para-hydroxylation sites is 1. The van der Waals surface area contributed by atoms with Gasteiger partial charge in [-0.05, 0) is 31.0 Å². The molecule has 0 aliphatic carbocycles. The van der Waals surface area contributed by atoms with Crippen LogP contribution in [-0.4, -0.2) is 5.91 Å². The predicted octanol–water partition coefficient (Wildman–Crippen LogP) is 4.62. The zero-order valence-electron chi connectivity index (χ0n) is 12.8. The van der Waals surface area contributed by atoms with E-state index in [-0.39, 0.29) is 11.9 Å². The van der Waals surface area contributed by atoms with Crippen LogP contribution in [0, 0.1) is 6.92 Å². The minimum Gasteiger partial charge on any atom is -0.451 e. The molecule has 2 aromatic carbocycles. The van der Waals surface area contributed by atoms with Crippen LogP contribution >= 0.6 is 0 Å². The third-order valence-electron chi connectivity index (χ3n) is 3.84. The maximum Gasteiger partial charge on any atom is 0.287 e. The number of carbonyl (C=O) groups excluding carboxylic acids is 1. The van der Waals surface area contributed by atoms with Crippen molar-refractivity contribution in [2.45, 2.75) is 26.3 Å². The first-order valence-corrected chi connectivity index (χ1v) is 7.53. The van der Waals surface area contributed by atoms with Gasteiger partial charge in [0.15, 0.2) is 5.76 Å². The summed E-state index contributed by atoms with van der Waals surface area (Å²) >= 11 is 0. The SMILES string of the molecule is CC[C@@H](NC(=O)c1cc2ccccc2o1)c1ccc(C)cc1. The van der Waals surface area contributed by atoms with Gasteiger partial charge in [-0.15, -0.1) is 0 Å². The molecule has 0 spiro atoms. The third kappa shape index (κ3) is 2.89. The van der Waals surface area contributed by atoms with E-state index in [9.17, 15) is 4.79 Å². The van der Waals surface area contributed by atoms with Crippen LogP contribution in [0.25, 0.3) is 11.0 Å².